The Kier molecular flexibility index (Phi) is 4.96. The molecule has 9 heteroatoms. The number of ether oxygens (including phenoxy) is 1. The fraction of sp³-hybridized carbons (Fsp3) is 0.368. The molecule has 1 amide bonds. The van der Waals surface area contributed by atoms with Gasteiger partial charge in [-0.05, 0) is 44.0 Å². The smallest absolute Gasteiger partial charge is 0.350 e. The lowest BCUT2D eigenvalue weighted by molar-refractivity contribution is -0.117. The predicted octanol–water partition coefficient (Wildman–Crippen LogP) is 1.53. The minimum atomic E-state index is -0.361. The standard InChI is InChI=1S/C19H22N6O3/c1-2-28-15-7-5-14(6-8-15)21-16(26)13-25-19(27)24-12-9-20-17(18(24)22-25)23-10-3-4-11-23/h5-9,12H,2-4,10-11,13H2,1H3,(H,21,26). The molecule has 1 saturated heterocycles. The number of hydrogen-bond acceptors (Lipinski definition) is 6. The SMILES string of the molecule is CCOc1ccc(NC(=O)Cn2nc3c(N4CCCC4)nccn3c2=O)cc1. The number of fused-ring (bicyclic) bond motifs is 1. The van der Waals surface area contributed by atoms with Crippen molar-refractivity contribution in [3.63, 3.8) is 0 Å². The topological polar surface area (TPSA) is 93.8 Å². The van der Waals surface area contributed by atoms with Crippen molar-refractivity contribution in [3.05, 3.63) is 47.1 Å². The van der Waals surface area contributed by atoms with E-state index in [-0.39, 0.29) is 18.1 Å². The second-order valence-corrected chi connectivity index (χ2v) is 6.58. The van der Waals surface area contributed by atoms with E-state index in [4.69, 9.17) is 4.74 Å². The third kappa shape index (κ3) is 3.55. The Bertz CT molecular complexity index is 1030. The first-order valence-electron chi connectivity index (χ1n) is 9.37. The summed E-state index contributed by atoms with van der Waals surface area (Å²) in [4.78, 5) is 31.5. The van der Waals surface area contributed by atoms with E-state index in [1.807, 2.05) is 6.92 Å². The second kappa shape index (κ2) is 7.71. The molecule has 0 atom stereocenters. The summed E-state index contributed by atoms with van der Waals surface area (Å²) in [5, 5.41) is 7.13. The van der Waals surface area contributed by atoms with E-state index in [0.717, 1.165) is 31.7 Å². The van der Waals surface area contributed by atoms with Crippen LogP contribution in [0.4, 0.5) is 11.5 Å². The first-order valence-corrected chi connectivity index (χ1v) is 9.37. The van der Waals surface area contributed by atoms with Gasteiger partial charge in [-0.3, -0.25) is 4.79 Å². The van der Waals surface area contributed by atoms with Crippen molar-refractivity contribution >= 4 is 23.1 Å². The lowest BCUT2D eigenvalue weighted by atomic mass is 10.3. The van der Waals surface area contributed by atoms with Crippen LogP contribution in [-0.2, 0) is 11.3 Å². The summed E-state index contributed by atoms with van der Waals surface area (Å²) in [6.45, 7) is 4.11. The molecule has 1 N–H and O–H groups in total. The second-order valence-electron chi connectivity index (χ2n) is 6.58. The molecule has 1 aliphatic heterocycles. The molecule has 0 unspecified atom stereocenters. The minimum Gasteiger partial charge on any atom is -0.494 e. The van der Waals surface area contributed by atoms with E-state index in [2.05, 4.69) is 20.3 Å². The number of hydrogen-bond donors (Lipinski definition) is 1. The van der Waals surface area contributed by atoms with Crippen molar-refractivity contribution in [2.75, 3.05) is 29.9 Å². The van der Waals surface area contributed by atoms with Gasteiger partial charge in [0.15, 0.2) is 5.82 Å². The van der Waals surface area contributed by atoms with Crippen LogP contribution in [-0.4, -0.2) is 44.8 Å². The third-order valence-electron chi connectivity index (χ3n) is 4.63. The minimum absolute atomic E-state index is 0.173. The van der Waals surface area contributed by atoms with Gasteiger partial charge >= 0.3 is 5.69 Å². The normalized spacial score (nSPS) is 13.8. The molecule has 2 aromatic heterocycles. The summed E-state index contributed by atoms with van der Waals surface area (Å²) >= 11 is 0. The molecule has 0 aliphatic carbocycles. The Morgan fingerprint density at radius 3 is 2.68 bits per heavy atom. The molecule has 0 spiro atoms. The highest BCUT2D eigenvalue weighted by Gasteiger charge is 2.20. The van der Waals surface area contributed by atoms with Gasteiger partial charge in [-0.15, -0.1) is 5.10 Å². The van der Waals surface area contributed by atoms with Crippen molar-refractivity contribution in [2.45, 2.75) is 26.3 Å². The maximum atomic E-state index is 12.6. The Balaban J connectivity index is 1.52. The number of nitrogens with zero attached hydrogens (tertiary/aromatic N) is 5. The zero-order valence-electron chi connectivity index (χ0n) is 15.7. The molecule has 0 saturated carbocycles. The van der Waals surface area contributed by atoms with Gasteiger partial charge in [-0.25, -0.2) is 18.9 Å². The van der Waals surface area contributed by atoms with Crippen LogP contribution >= 0.6 is 0 Å². The summed E-state index contributed by atoms with van der Waals surface area (Å²) in [5.41, 5.74) is 0.743. The van der Waals surface area contributed by atoms with E-state index in [0.29, 0.717) is 23.8 Å². The summed E-state index contributed by atoms with van der Waals surface area (Å²) in [5.74, 6) is 1.09. The lowest BCUT2D eigenvalue weighted by Gasteiger charge is -2.15. The van der Waals surface area contributed by atoms with Gasteiger partial charge in [-0.2, -0.15) is 0 Å². The molecular formula is C19H22N6O3. The molecular weight excluding hydrogens is 360 g/mol. The van der Waals surface area contributed by atoms with E-state index in [1.165, 1.54) is 9.08 Å². The van der Waals surface area contributed by atoms with E-state index in [1.54, 1.807) is 36.7 Å². The number of anilines is 2. The van der Waals surface area contributed by atoms with Crippen molar-refractivity contribution in [2.24, 2.45) is 0 Å². The average Bonchev–Trinajstić information content (AvgIpc) is 3.33. The van der Waals surface area contributed by atoms with Gasteiger partial charge < -0.3 is 15.0 Å². The zero-order chi connectivity index (χ0) is 19.5. The molecule has 146 valence electrons. The van der Waals surface area contributed by atoms with Crippen LogP contribution < -0.4 is 20.6 Å². The quantitative estimate of drug-likeness (QED) is 0.695. The molecule has 9 nitrogen and oxygen atoms in total. The van der Waals surface area contributed by atoms with Gasteiger partial charge in [0.1, 0.15) is 12.3 Å². The molecule has 4 rings (SSSR count). The number of carbonyl (C=O) groups is 1. The monoisotopic (exact) mass is 382 g/mol. The van der Waals surface area contributed by atoms with Gasteiger partial charge in [0.25, 0.3) is 0 Å². The molecule has 28 heavy (non-hydrogen) atoms. The highest BCUT2D eigenvalue weighted by atomic mass is 16.5. The molecule has 0 radical (unpaired) electrons. The van der Waals surface area contributed by atoms with E-state index in [9.17, 15) is 9.59 Å². The summed E-state index contributed by atoms with van der Waals surface area (Å²) in [6.07, 6.45) is 5.36. The molecule has 1 fully saturated rings. The molecule has 1 aromatic carbocycles. The number of benzene rings is 1. The highest BCUT2D eigenvalue weighted by Crippen LogP contribution is 2.20. The van der Waals surface area contributed by atoms with E-state index < -0.39 is 0 Å². The largest absolute Gasteiger partial charge is 0.494 e. The number of carbonyl (C=O) groups excluding carboxylic acids is 1. The first-order chi connectivity index (χ1) is 13.7. The first kappa shape index (κ1) is 18.0. The van der Waals surface area contributed by atoms with Gasteiger partial charge in [0.2, 0.25) is 11.6 Å². The molecule has 0 bridgehead atoms. The van der Waals surface area contributed by atoms with Crippen LogP contribution in [0.1, 0.15) is 19.8 Å². The number of nitrogens with one attached hydrogen (secondary N) is 1. The zero-order valence-corrected chi connectivity index (χ0v) is 15.7. The van der Waals surface area contributed by atoms with Crippen LogP contribution in [0.3, 0.4) is 0 Å². The lowest BCUT2D eigenvalue weighted by Crippen LogP contribution is -2.28. The van der Waals surface area contributed by atoms with Crippen LogP contribution in [0.2, 0.25) is 0 Å². The molecule has 3 aromatic rings. The Morgan fingerprint density at radius 2 is 1.96 bits per heavy atom. The van der Waals surface area contributed by atoms with Gasteiger partial charge in [0.05, 0.1) is 6.61 Å². The van der Waals surface area contributed by atoms with Crippen LogP contribution in [0.25, 0.3) is 5.65 Å². The average molecular weight is 382 g/mol. The van der Waals surface area contributed by atoms with Gasteiger partial charge in [0, 0.05) is 31.2 Å². The fourth-order valence-corrected chi connectivity index (χ4v) is 3.33. The van der Waals surface area contributed by atoms with Gasteiger partial charge in [-0.1, -0.05) is 0 Å². The number of amides is 1. The van der Waals surface area contributed by atoms with Crippen LogP contribution in [0, 0.1) is 0 Å². The Labute approximate surface area is 161 Å². The summed E-state index contributed by atoms with van der Waals surface area (Å²) in [7, 11) is 0. The molecule has 3 heterocycles. The number of rotatable bonds is 6. The Hall–Kier alpha value is -3.36. The Morgan fingerprint density at radius 1 is 1.21 bits per heavy atom. The van der Waals surface area contributed by atoms with E-state index >= 15 is 0 Å². The van der Waals surface area contributed by atoms with Crippen molar-refractivity contribution in [1.82, 2.24) is 19.2 Å². The molecule has 1 aliphatic rings. The van der Waals surface area contributed by atoms with Crippen molar-refractivity contribution < 1.29 is 9.53 Å². The summed E-state index contributed by atoms with van der Waals surface area (Å²) < 4.78 is 7.99. The third-order valence-corrected chi connectivity index (χ3v) is 4.63. The maximum Gasteiger partial charge on any atom is 0.350 e. The maximum absolute atomic E-state index is 12.6. The fourth-order valence-electron chi connectivity index (χ4n) is 3.33. The van der Waals surface area contributed by atoms with Crippen LogP contribution in [0.15, 0.2) is 41.5 Å². The predicted molar refractivity (Wildman–Crippen MR) is 105 cm³/mol. The van der Waals surface area contributed by atoms with Crippen LogP contribution in [0.5, 0.6) is 5.75 Å². The summed E-state index contributed by atoms with van der Waals surface area (Å²) in [6, 6.07) is 7.07. The van der Waals surface area contributed by atoms with Crippen molar-refractivity contribution in [1.29, 1.82) is 0 Å². The van der Waals surface area contributed by atoms with Crippen molar-refractivity contribution in [3.8, 4) is 5.75 Å². The highest BCUT2D eigenvalue weighted by molar-refractivity contribution is 5.90. The number of aromatic nitrogens is 4.